The summed E-state index contributed by atoms with van der Waals surface area (Å²) in [4.78, 5) is 0. The smallest absolute Gasteiger partial charge is 0.170 e. The van der Waals surface area contributed by atoms with Crippen LogP contribution >= 0.6 is 23.8 Å². The Labute approximate surface area is 106 Å². The highest BCUT2D eigenvalue weighted by atomic mass is 35.5. The highest BCUT2D eigenvalue weighted by Crippen LogP contribution is 2.30. The van der Waals surface area contributed by atoms with E-state index in [2.05, 4.69) is 17.6 Å². The summed E-state index contributed by atoms with van der Waals surface area (Å²) in [5, 5.41) is 16.4. The number of rotatable bonds is 4. The van der Waals surface area contributed by atoms with Gasteiger partial charge in [0.05, 0.1) is 10.7 Å². The minimum atomic E-state index is 0.0174. The second-order valence-corrected chi connectivity index (χ2v) is 4.19. The van der Waals surface area contributed by atoms with E-state index in [4.69, 9.17) is 23.8 Å². The number of nitrogens with one attached hydrogen (secondary N) is 2. The minimum Gasteiger partial charge on any atom is -0.504 e. The quantitative estimate of drug-likeness (QED) is 0.441. The third kappa shape index (κ3) is 3.87. The maximum absolute atomic E-state index is 9.64. The molecule has 5 heteroatoms. The Kier molecular flexibility index (Phi) is 5.35. The third-order valence-corrected chi connectivity index (χ3v) is 2.60. The van der Waals surface area contributed by atoms with Crippen molar-refractivity contribution in [1.29, 1.82) is 0 Å². The molecule has 1 rings (SSSR count). The van der Waals surface area contributed by atoms with Gasteiger partial charge in [-0.2, -0.15) is 0 Å². The lowest BCUT2D eigenvalue weighted by Crippen LogP contribution is -2.29. The van der Waals surface area contributed by atoms with E-state index in [1.165, 1.54) is 0 Å². The second kappa shape index (κ2) is 6.55. The first-order valence-electron chi connectivity index (χ1n) is 5.17. The SMILES string of the molecule is CCCCNC(=S)Nc1cccc(Cl)c1O. The van der Waals surface area contributed by atoms with Crippen LogP contribution in [0.5, 0.6) is 5.75 Å². The fourth-order valence-electron chi connectivity index (χ4n) is 1.16. The summed E-state index contributed by atoms with van der Waals surface area (Å²) in [6, 6.07) is 5.09. The van der Waals surface area contributed by atoms with Crippen molar-refractivity contribution in [2.75, 3.05) is 11.9 Å². The van der Waals surface area contributed by atoms with E-state index in [1.807, 2.05) is 0 Å². The highest BCUT2D eigenvalue weighted by Gasteiger charge is 2.05. The van der Waals surface area contributed by atoms with E-state index in [0.717, 1.165) is 19.4 Å². The molecule has 0 aliphatic carbocycles. The predicted octanol–water partition coefficient (Wildman–Crippen LogP) is 3.13. The Hall–Kier alpha value is -1.00. The van der Waals surface area contributed by atoms with Crippen LogP contribution in [0.25, 0.3) is 0 Å². The average molecular weight is 259 g/mol. The summed E-state index contributed by atoms with van der Waals surface area (Å²) < 4.78 is 0. The molecule has 3 N–H and O–H groups in total. The summed E-state index contributed by atoms with van der Waals surface area (Å²) in [5.41, 5.74) is 0.515. The van der Waals surface area contributed by atoms with E-state index in [1.54, 1.807) is 18.2 Å². The third-order valence-electron chi connectivity index (χ3n) is 2.05. The Bertz CT molecular complexity index is 371. The lowest BCUT2D eigenvalue weighted by Gasteiger charge is -2.11. The van der Waals surface area contributed by atoms with E-state index >= 15 is 0 Å². The summed E-state index contributed by atoms with van der Waals surface area (Å²) in [7, 11) is 0. The van der Waals surface area contributed by atoms with Crippen LogP contribution in [-0.4, -0.2) is 16.8 Å². The van der Waals surface area contributed by atoms with Crippen molar-refractivity contribution in [2.24, 2.45) is 0 Å². The molecule has 0 aliphatic heterocycles. The van der Waals surface area contributed by atoms with Crippen molar-refractivity contribution in [3.05, 3.63) is 23.2 Å². The molecule has 0 radical (unpaired) electrons. The van der Waals surface area contributed by atoms with Crippen LogP contribution in [0.15, 0.2) is 18.2 Å². The standard InChI is InChI=1S/C11H15ClN2OS/c1-2-3-7-13-11(16)14-9-6-4-5-8(12)10(9)15/h4-6,15H,2-3,7H2,1H3,(H2,13,14,16). The predicted molar refractivity (Wildman–Crippen MR) is 72.2 cm³/mol. The number of benzene rings is 1. The van der Waals surface area contributed by atoms with Gasteiger partial charge in [-0.25, -0.2) is 0 Å². The number of halogens is 1. The fraction of sp³-hybridized carbons (Fsp3) is 0.364. The van der Waals surface area contributed by atoms with Crippen molar-refractivity contribution in [3.8, 4) is 5.75 Å². The second-order valence-electron chi connectivity index (χ2n) is 3.37. The molecular weight excluding hydrogens is 244 g/mol. The summed E-state index contributed by atoms with van der Waals surface area (Å²) in [6.07, 6.45) is 2.17. The van der Waals surface area contributed by atoms with Crippen molar-refractivity contribution < 1.29 is 5.11 Å². The van der Waals surface area contributed by atoms with Gasteiger partial charge in [0, 0.05) is 6.54 Å². The van der Waals surface area contributed by atoms with Gasteiger partial charge >= 0.3 is 0 Å². The van der Waals surface area contributed by atoms with Gasteiger partial charge < -0.3 is 15.7 Å². The number of hydrogen-bond donors (Lipinski definition) is 3. The van der Waals surface area contributed by atoms with E-state index < -0.39 is 0 Å². The average Bonchev–Trinajstić information content (AvgIpc) is 2.25. The highest BCUT2D eigenvalue weighted by molar-refractivity contribution is 7.80. The van der Waals surface area contributed by atoms with Crippen LogP contribution in [0.2, 0.25) is 5.02 Å². The number of phenols is 1. The molecule has 1 aromatic carbocycles. The Morgan fingerprint density at radius 3 is 2.94 bits per heavy atom. The summed E-state index contributed by atoms with van der Waals surface area (Å²) in [6.45, 7) is 2.94. The van der Waals surface area contributed by atoms with Crippen LogP contribution in [0.1, 0.15) is 19.8 Å². The number of phenolic OH excluding ortho intramolecular Hbond substituents is 1. The first-order chi connectivity index (χ1) is 7.65. The minimum absolute atomic E-state index is 0.0174. The van der Waals surface area contributed by atoms with Crippen LogP contribution in [0.4, 0.5) is 5.69 Å². The molecule has 0 atom stereocenters. The number of para-hydroxylation sites is 1. The van der Waals surface area contributed by atoms with Crippen LogP contribution in [0, 0.1) is 0 Å². The van der Waals surface area contributed by atoms with Gasteiger partial charge in [-0.05, 0) is 30.8 Å². The molecule has 1 aromatic rings. The van der Waals surface area contributed by atoms with Gasteiger partial charge in [-0.1, -0.05) is 31.0 Å². The molecule has 0 aliphatic rings. The monoisotopic (exact) mass is 258 g/mol. The van der Waals surface area contributed by atoms with E-state index in [0.29, 0.717) is 15.8 Å². The Morgan fingerprint density at radius 1 is 1.50 bits per heavy atom. The zero-order valence-electron chi connectivity index (χ0n) is 9.09. The van der Waals surface area contributed by atoms with Crippen molar-refractivity contribution in [2.45, 2.75) is 19.8 Å². The molecular formula is C11H15ClN2OS. The lowest BCUT2D eigenvalue weighted by atomic mass is 10.3. The van der Waals surface area contributed by atoms with Gasteiger partial charge in [0.15, 0.2) is 10.9 Å². The molecule has 0 spiro atoms. The maximum atomic E-state index is 9.64. The van der Waals surface area contributed by atoms with E-state index in [-0.39, 0.29) is 5.75 Å². The molecule has 16 heavy (non-hydrogen) atoms. The normalized spacial score (nSPS) is 9.88. The zero-order chi connectivity index (χ0) is 12.0. The maximum Gasteiger partial charge on any atom is 0.170 e. The van der Waals surface area contributed by atoms with Crippen LogP contribution in [0.3, 0.4) is 0 Å². The molecule has 0 saturated heterocycles. The Morgan fingerprint density at radius 2 is 2.25 bits per heavy atom. The first-order valence-corrected chi connectivity index (χ1v) is 5.96. The van der Waals surface area contributed by atoms with E-state index in [9.17, 15) is 5.11 Å². The largest absolute Gasteiger partial charge is 0.504 e. The van der Waals surface area contributed by atoms with Crippen molar-refractivity contribution in [3.63, 3.8) is 0 Å². The van der Waals surface area contributed by atoms with Gasteiger partial charge in [0.2, 0.25) is 0 Å². The topological polar surface area (TPSA) is 44.3 Å². The number of unbranched alkanes of at least 4 members (excludes halogenated alkanes) is 1. The molecule has 0 fully saturated rings. The molecule has 0 bridgehead atoms. The van der Waals surface area contributed by atoms with Crippen LogP contribution < -0.4 is 10.6 Å². The molecule has 0 heterocycles. The van der Waals surface area contributed by atoms with Gasteiger partial charge in [-0.15, -0.1) is 0 Å². The van der Waals surface area contributed by atoms with Gasteiger partial charge in [0.1, 0.15) is 0 Å². The summed E-state index contributed by atoms with van der Waals surface area (Å²) >= 11 is 10.8. The van der Waals surface area contributed by atoms with Crippen molar-refractivity contribution >= 4 is 34.6 Å². The van der Waals surface area contributed by atoms with Gasteiger partial charge in [0.25, 0.3) is 0 Å². The van der Waals surface area contributed by atoms with Crippen molar-refractivity contribution in [1.82, 2.24) is 5.32 Å². The zero-order valence-corrected chi connectivity index (χ0v) is 10.7. The Balaban J connectivity index is 2.53. The molecule has 0 aromatic heterocycles. The lowest BCUT2D eigenvalue weighted by molar-refractivity contribution is 0.478. The first kappa shape index (κ1) is 13.1. The van der Waals surface area contributed by atoms with Gasteiger partial charge in [-0.3, -0.25) is 0 Å². The molecule has 3 nitrogen and oxygen atoms in total. The van der Waals surface area contributed by atoms with Crippen LogP contribution in [-0.2, 0) is 0 Å². The number of aromatic hydroxyl groups is 1. The number of thiocarbonyl (C=S) groups is 1. The fourth-order valence-corrected chi connectivity index (χ4v) is 1.55. The number of hydrogen-bond acceptors (Lipinski definition) is 2. The molecule has 0 amide bonds. The molecule has 0 unspecified atom stereocenters. The number of anilines is 1. The summed E-state index contributed by atoms with van der Waals surface area (Å²) in [5.74, 6) is 0.0174. The molecule has 0 saturated carbocycles. The molecule has 88 valence electrons.